The van der Waals surface area contributed by atoms with E-state index in [4.69, 9.17) is 5.73 Å². The van der Waals surface area contributed by atoms with E-state index in [2.05, 4.69) is 10.1 Å². The smallest absolute Gasteiger partial charge is 0.319 e. The zero-order valence-electron chi connectivity index (χ0n) is 9.14. The van der Waals surface area contributed by atoms with E-state index in [-0.39, 0.29) is 6.54 Å². The van der Waals surface area contributed by atoms with Gasteiger partial charge in [0.05, 0.1) is 13.7 Å². The van der Waals surface area contributed by atoms with Gasteiger partial charge in [-0.15, -0.1) is 0 Å². The molecule has 0 heterocycles. The number of methoxy groups -OCH3 is 1. The normalized spacial score (nSPS) is 16.9. The van der Waals surface area contributed by atoms with E-state index in [1.54, 1.807) is 0 Å². The molecule has 0 radical (unpaired) electrons. The molecule has 5 N–H and O–H groups in total. The summed E-state index contributed by atoms with van der Waals surface area (Å²) in [6.07, 6.45) is -0.875. The fourth-order valence-corrected chi connectivity index (χ4v) is 1.12. The Bertz CT molecular complexity index is 189. The molecule has 0 fully saturated rings. The van der Waals surface area contributed by atoms with Gasteiger partial charge < -0.3 is 20.7 Å². The van der Waals surface area contributed by atoms with Crippen LogP contribution >= 0.6 is 0 Å². The number of ether oxygens (including phenoxy) is 1. The number of hydrogen-bond acceptors (Lipinski definition) is 6. The third-order valence-electron chi connectivity index (χ3n) is 2.07. The predicted molar refractivity (Wildman–Crippen MR) is 54.9 cm³/mol. The van der Waals surface area contributed by atoms with E-state index < -0.39 is 24.3 Å². The highest BCUT2D eigenvalue weighted by molar-refractivity contribution is 5.71. The maximum atomic E-state index is 10.7. The second kappa shape index (κ2) is 7.58. The summed E-state index contributed by atoms with van der Waals surface area (Å²) in [7, 11) is 1.25. The largest absolute Gasteiger partial charge is 0.468 e. The van der Waals surface area contributed by atoms with Crippen molar-refractivity contribution in [2.75, 3.05) is 13.7 Å². The van der Waals surface area contributed by atoms with Crippen LogP contribution in [0.4, 0.5) is 0 Å². The van der Waals surface area contributed by atoms with E-state index in [1.807, 2.05) is 6.92 Å². The van der Waals surface area contributed by atoms with Crippen molar-refractivity contribution in [2.24, 2.45) is 5.73 Å². The van der Waals surface area contributed by atoms with Crippen molar-refractivity contribution in [3.05, 3.63) is 0 Å². The number of aliphatic hydroxyl groups is 2. The number of aliphatic hydroxyl groups excluding tert-OH is 2. The molecule has 0 rings (SSSR count). The zero-order chi connectivity index (χ0) is 11.8. The Balaban J connectivity index is 3.87. The molecule has 0 saturated heterocycles. The minimum atomic E-state index is -1.22. The molecule has 6 heteroatoms. The third kappa shape index (κ3) is 5.68. The molecule has 90 valence electrons. The maximum absolute atomic E-state index is 10.7. The molecular weight excluding hydrogens is 200 g/mol. The summed E-state index contributed by atoms with van der Waals surface area (Å²) in [6, 6.07) is -0.504. The standard InChI is InChI=1S/C9H20N2O4/c1-3-4-6(10)8(13)9(14)11-5-7(12)15-2/h6,8-9,11,13-14H,3-5,10H2,1-2H3/t6?,8?,9-/m0/s1. The van der Waals surface area contributed by atoms with Crippen LogP contribution in [0, 0.1) is 0 Å². The van der Waals surface area contributed by atoms with E-state index in [0.717, 1.165) is 6.42 Å². The second-order valence-corrected chi connectivity index (χ2v) is 3.34. The van der Waals surface area contributed by atoms with E-state index in [0.29, 0.717) is 6.42 Å². The van der Waals surface area contributed by atoms with Gasteiger partial charge in [-0.1, -0.05) is 13.3 Å². The van der Waals surface area contributed by atoms with Crippen molar-refractivity contribution in [3.63, 3.8) is 0 Å². The lowest BCUT2D eigenvalue weighted by Crippen LogP contribution is -2.50. The Kier molecular flexibility index (Phi) is 7.23. The Labute approximate surface area is 89.4 Å². The Morgan fingerprint density at radius 3 is 2.60 bits per heavy atom. The molecule has 0 aromatic heterocycles. The van der Waals surface area contributed by atoms with Crippen molar-refractivity contribution in [3.8, 4) is 0 Å². The van der Waals surface area contributed by atoms with Crippen molar-refractivity contribution in [2.45, 2.75) is 38.1 Å². The number of rotatable bonds is 7. The summed E-state index contributed by atoms with van der Waals surface area (Å²) >= 11 is 0. The molecule has 0 aliphatic rings. The van der Waals surface area contributed by atoms with Gasteiger partial charge in [0.2, 0.25) is 0 Å². The average molecular weight is 220 g/mol. The second-order valence-electron chi connectivity index (χ2n) is 3.34. The predicted octanol–water partition coefficient (Wildman–Crippen LogP) is -1.44. The molecule has 0 aromatic carbocycles. The van der Waals surface area contributed by atoms with Crippen molar-refractivity contribution in [1.29, 1.82) is 0 Å². The van der Waals surface area contributed by atoms with Gasteiger partial charge in [0, 0.05) is 6.04 Å². The van der Waals surface area contributed by atoms with Crippen LogP contribution in [-0.4, -0.2) is 48.2 Å². The summed E-state index contributed by atoms with van der Waals surface area (Å²) in [4.78, 5) is 10.7. The highest BCUT2D eigenvalue weighted by Gasteiger charge is 2.22. The average Bonchev–Trinajstić information content (AvgIpc) is 2.24. The first kappa shape index (κ1) is 14.3. The summed E-state index contributed by atoms with van der Waals surface area (Å²) in [5.41, 5.74) is 5.60. The molecule has 0 aliphatic heterocycles. The van der Waals surface area contributed by atoms with Crippen molar-refractivity contribution < 1.29 is 19.7 Å². The lowest BCUT2D eigenvalue weighted by atomic mass is 10.1. The summed E-state index contributed by atoms with van der Waals surface area (Å²) in [6.45, 7) is 1.77. The topological polar surface area (TPSA) is 105 Å². The molecule has 6 nitrogen and oxygen atoms in total. The quantitative estimate of drug-likeness (QED) is 0.309. The molecule has 15 heavy (non-hydrogen) atoms. The molecule has 0 aromatic rings. The van der Waals surface area contributed by atoms with Gasteiger partial charge in [-0.05, 0) is 6.42 Å². The van der Waals surface area contributed by atoms with Gasteiger partial charge in [0.15, 0.2) is 0 Å². The van der Waals surface area contributed by atoms with Gasteiger partial charge >= 0.3 is 5.97 Å². The van der Waals surface area contributed by atoms with E-state index in [1.165, 1.54) is 7.11 Å². The Morgan fingerprint density at radius 2 is 2.13 bits per heavy atom. The van der Waals surface area contributed by atoms with Gasteiger partial charge in [0.25, 0.3) is 0 Å². The maximum Gasteiger partial charge on any atom is 0.319 e. The van der Waals surface area contributed by atoms with Crippen LogP contribution in [0.1, 0.15) is 19.8 Å². The van der Waals surface area contributed by atoms with E-state index >= 15 is 0 Å². The summed E-state index contributed by atoms with van der Waals surface area (Å²) in [5, 5.41) is 21.3. The Morgan fingerprint density at radius 1 is 1.53 bits per heavy atom. The number of hydrogen-bond donors (Lipinski definition) is 4. The molecule has 2 unspecified atom stereocenters. The van der Waals surface area contributed by atoms with Gasteiger partial charge in [0.1, 0.15) is 12.3 Å². The SMILES string of the molecule is CCCC(N)C(O)[C@H](O)NCC(=O)OC. The number of esters is 1. The molecule has 0 spiro atoms. The third-order valence-corrected chi connectivity index (χ3v) is 2.07. The summed E-state index contributed by atoms with van der Waals surface area (Å²) < 4.78 is 4.36. The highest BCUT2D eigenvalue weighted by Crippen LogP contribution is 2.02. The molecule has 0 saturated carbocycles. The molecule has 0 amide bonds. The number of nitrogens with one attached hydrogen (secondary N) is 1. The van der Waals surface area contributed by atoms with Crippen LogP contribution in [0.2, 0.25) is 0 Å². The van der Waals surface area contributed by atoms with E-state index in [9.17, 15) is 15.0 Å². The minimum absolute atomic E-state index is 0.159. The molecular formula is C9H20N2O4. The van der Waals surface area contributed by atoms with Crippen LogP contribution in [0.3, 0.4) is 0 Å². The number of nitrogens with two attached hydrogens (primary N) is 1. The Hall–Kier alpha value is -0.690. The van der Waals surface area contributed by atoms with Crippen LogP contribution in [0.5, 0.6) is 0 Å². The fourth-order valence-electron chi connectivity index (χ4n) is 1.12. The minimum Gasteiger partial charge on any atom is -0.468 e. The fraction of sp³-hybridized carbons (Fsp3) is 0.889. The lowest BCUT2D eigenvalue weighted by Gasteiger charge is -2.23. The lowest BCUT2D eigenvalue weighted by molar-refractivity contribution is -0.140. The number of carbonyl (C=O) groups is 1. The molecule has 0 bridgehead atoms. The van der Waals surface area contributed by atoms with Crippen LogP contribution in [0.25, 0.3) is 0 Å². The molecule has 3 atom stereocenters. The zero-order valence-corrected chi connectivity index (χ0v) is 9.14. The van der Waals surface area contributed by atoms with Crippen LogP contribution < -0.4 is 11.1 Å². The first-order valence-corrected chi connectivity index (χ1v) is 4.94. The molecule has 0 aliphatic carbocycles. The van der Waals surface area contributed by atoms with Crippen LogP contribution in [0.15, 0.2) is 0 Å². The number of carbonyl (C=O) groups excluding carboxylic acids is 1. The summed E-state index contributed by atoms with van der Waals surface area (Å²) in [5.74, 6) is -0.509. The van der Waals surface area contributed by atoms with Crippen molar-refractivity contribution in [1.82, 2.24) is 5.32 Å². The van der Waals surface area contributed by atoms with Crippen LogP contribution in [-0.2, 0) is 9.53 Å². The monoisotopic (exact) mass is 220 g/mol. The highest BCUT2D eigenvalue weighted by atomic mass is 16.5. The van der Waals surface area contributed by atoms with Gasteiger partial charge in [-0.25, -0.2) is 0 Å². The van der Waals surface area contributed by atoms with Crippen molar-refractivity contribution >= 4 is 5.97 Å². The first-order chi connectivity index (χ1) is 7.02. The van der Waals surface area contributed by atoms with Gasteiger partial charge in [-0.3, -0.25) is 10.1 Å². The first-order valence-electron chi connectivity index (χ1n) is 4.94. The van der Waals surface area contributed by atoms with Gasteiger partial charge in [-0.2, -0.15) is 0 Å².